The van der Waals surface area contributed by atoms with Gasteiger partial charge >= 0.3 is 0 Å². The van der Waals surface area contributed by atoms with Gasteiger partial charge in [0.2, 0.25) is 0 Å². The first kappa shape index (κ1) is 8.27. The average Bonchev–Trinajstić information content (AvgIpc) is 2.42. The molecule has 0 unspecified atom stereocenters. The minimum atomic E-state index is -0.601. The maximum absolute atomic E-state index is 10.3. The van der Waals surface area contributed by atoms with Crippen molar-refractivity contribution in [1.82, 2.24) is 0 Å². The zero-order valence-corrected chi connectivity index (χ0v) is 7.29. The number of fused-ring (bicyclic) bond motifs is 1. The van der Waals surface area contributed by atoms with Crippen molar-refractivity contribution >= 4 is 0 Å². The summed E-state index contributed by atoms with van der Waals surface area (Å²) >= 11 is 0. The summed E-state index contributed by atoms with van der Waals surface area (Å²) < 4.78 is 0. The van der Waals surface area contributed by atoms with E-state index >= 15 is 0 Å². The van der Waals surface area contributed by atoms with Crippen LogP contribution in [0.5, 0.6) is 0 Å². The Labute approximate surface area is 72.9 Å². The Kier molecular flexibility index (Phi) is 1.77. The number of hydrogen-bond donors (Lipinski definition) is 2. The molecule has 0 aromatic rings. The zero-order chi connectivity index (χ0) is 8.66. The molecule has 68 valence electrons. The first-order chi connectivity index (χ1) is 5.72. The predicted octanol–water partition coefficient (Wildman–Crippen LogP) is 1.23. The van der Waals surface area contributed by atoms with Gasteiger partial charge in [-0.05, 0) is 32.1 Å². The summed E-state index contributed by atoms with van der Waals surface area (Å²) in [5, 5.41) is 19.6. The summed E-state index contributed by atoms with van der Waals surface area (Å²) in [6.45, 7) is 0.133. The van der Waals surface area contributed by atoms with Gasteiger partial charge in [0.15, 0.2) is 0 Å². The fraction of sp³-hybridized carbons (Fsp3) is 0.800. The van der Waals surface area contributed by atoms with Gasteiger partial charge in [-0.15, -0.1) is 0 Å². The lowest BCUT2D eigenvalue weighted by Gasteiger charge is -2.42. The molecule has 0 aromatic heterocycles. The van der Waals surface area contributed by atoms with Crippen LogP contribution in [-0.2, 0) is 0 Å². The van der Waals surface area contributed by atoms with E-state index in [1.165, 1.54) is 0 Å². The molecule has 2 N–H and O–H groups in total. The monoisotopic (exact) mass is 168 g/mol. The number of aliphatic hydroxyl groups is 2. The van der Waals surface area contributed by atoms with E-state index in [1.54, 1.807) is 0 Å². The quantitative estimate of drug-likeness (QED) is 0.578. The second-order valence-electron chi connectivity index (χ2n) is 4.20. The van der Waals surface area contributed by atoms with Gasteiger partial charge in [0.25, 0.3) is 0 Å². The van der Waals surface area contributed by atoms with E-state index in [0.717, 1.165) is 32.1 Å². The highest BCUT2D eigenvalue weighted by Gasteiger charge is 2.53. The molecule has 2 aliphatic carbocycles. The summed E-state index contributed by atoms with van der Waals surface area (Å²) in [6.07, 6.45) is 8.60. The highest BCUT2D eigenvalue weighted by Crippen LogP contribution is 2.52. The van der Waals surface area contributed by atoms with E-state index in [-0.39, 0.29) is 12.0 Å². The van der Waals surface area contributed by atoms with Gasteiger partial charge in [0.05, 0.1) is 12.2 Å². The highest BCUT2D eigenvalue weighted by atomic mass is 16.3. The van der Waals surface area contributed by atoms with Crippen LogP contribution in [0, 0.1) is 5.41 Å². The highest BCUT2D eigenvalue weighted by molar-refractivity contribution is 5.13. The van der Waals surface area contributed by atoms with Crippen LogP contribution < -0.4 is 0 Å². The lowest BCUT2D eigenvalue weighted by molar-refractivity contribution is -0.0880. The van der Waals surface area contributed by atoms with Crippen LogP contribution in [0.2, 0.25) is 0 Å². The van der Waals surface area contributed by atoms with Crippen LogP contribution in [-0.4, -0.2) is 22.4 Å². The van der Waals surface area contributed by atoms with Crippen LogP contribution in [0.15, 0.2) is 12.2 Å². The molecule has 2 atom stereocenters. The van der Waals surface area contributed by atoms with Crippen LogP contribution in [0.3, 0.4) is 0 Å². The minimum Gasteiger partial charge on any atom is -0.396 e. The van der Waals surface area contributed by atoms with Crippen molar-refractivity contribution in [3.63, 3.8) is 0 Å². The van der Waals surface area contributed by atoms with Crippen molar-refractivity contribution in [2.24, 2.45) is 5.41 Å². The Bertz CT molecular complexity index is 212. The molecule has 2 nitrogen and oxygen atoms in total. The molecule has 0 radical (unpaired) electrons. The smallest absolute Gasteiger partial charge is 0.0762 e. The molecular weight excluding hydrogens is 152 g/mol. The molecule has 1 fully saturated rings. The van der Waals surface area contributed by atoms with Gasteiger partial charge < -0.3 is 10.2 Å². The molecule has 2 rings (SSSR count). The van der Waals surface area contributed by atoms with Crippen molar-refractivity contribution in [1.29, 1.82) is 0 Å². The van der Waals surface area contributed by atoms with E-state index in [0.29, 0.717) is 0 Å². The van der Waals surface area contributed by atoms with Gasteiger partial charge in [0, 0.05) is 5.41 Å². The number of allylic oxidation sites excluding steroid dienone is 1. The molecule has 0 bridgehead atoms. The molecule has 2 aliphatic rings. The maximum Gasteiger partial charge on any atom is 0.0762 e. The normalized spacial score (nSPS) is 46.2. The fourth-order valence-corrected chi connectivity index (χ4v) is 2.71. The van der Waals surface area contributed by atoms with E-state index in [2.05, 4.69) is 6.08 Å². The van der Waals surface area contributed by atoms with Crippen LogP contribution in [0.4, 0.5) is 0 Å². The third kappa shape index (κ3) is 0.882. The first-order valence-corrected chi connectivity index (χ1v) is 4.71. The fourth-order valence-electron chi connectivity index (χ4n) is 2.71. The molecule has 0 heterocycles. The summed E-state index contributed by atoms with van der Waals surface area (Å²) in [5.74, 6) is 0. The Hall–Kier alpha value is -0.340. The van der Waals surface area contributed by atoms with Crippen molar-refractivity contribution in [2.45, 2.75) is 37.7 Å². The molecule has 1 saturated carbocycles. The topological polar surface area (TPSA) is 40.5 Å². The Balaban J connectivity index is 2.32. The Morgan fingerprint density at radius 1 is 1.17 bits per heavy atom. The van der Waals surface area contributed by atoms with Gasteiger partial charge in [-0.3, -0.25) is 0 Å². The van der Waals surface area contributed by atoms with Crippen molar-refractivity contribution in [2.75, 3.05) is 6.61 Å². The third-order valence-corrected chi connectivity index (χ3v) is 3.67. The third-order valence-electron chi connectivity index (χ3n) is 3.67. The van der Waals surface area contributed by atoms with Crippen molar-refractivity contribution in [3.05, 3.63) is 12.2 Å². The van der Waals surface area contributed by atoms with Gasteiger partial charge in [-0.25, -0.2) is 0 Å². The summed E-state index contributed by atoms with van der Waals surface area (Å²) in [6, 6.07) is 0. The van der Waals surface area contributed by atoms with Crippen molar-refractivity contribution in [3.8, 4) is 0 Å². The second-order valence-corrected chi connectivity index (χ2v) is 4.20. The average molecular weight is 168 g/mol. The van der Waals surface area contributed by atoms with Gasteiger partial charge in [-0.2, -0.15) is 0 Å². The van der Waals surface area contributed by atoms with E-state index in [9.17, 15) is 10.2 Å². The first-order valence-electron chi connectivity index (χ1n) is 4.71. The molecular formula is C10H16O2. The molecule has 0 saturated heterocycles. The lowest BCUT2D eigenvalue weighted by atomic mass is 9.68. The molecule has 0 amide bonds. The molecule has 0 aliphatic heterocycles. The SMILES string of the molecule is OC[C@@]12CC=CC[C@@]1(O)CCC2. The second kappa shape index (κ2) is 2.57. The summed E-state index contributed by atoms with van der Waals surface area (Å²) in [4.78, 5) is 0. The molecule has 0 aromatic carbocycles. The maximum atomic E-state index is 10.3. The number of aliphatic hydroxyl groups excluding tert-OH is 1. The zero-order valence-electron chi connectivity index (χ0n) is 7.29. The molecule has 2 heteroatoms. The summed E-state index contributed by atoms with van der Waals surface area (Å²) in [5.41, 5.74) is -0.807. The van der Waals surface area contributed by atoms with Gasteiger partial charge in [-0.1, -0.05) is 12.2 Å². The van der Waals surface area contributed by atoms with E-state index in [4.69, 9.17) is 0 Å². The summed E-state index contributed by atoms with van der Waals surface area (Å²) in [7, 11) is 0. The van der Waals surface area contributed by atoms with Gasteiger partial charge in [0.1, 0.15) is 0 Å². The standard InChI is InChI=1S/C10H16O2/c11-8-9-4-1-2-6-10(9,12)7-3-5-9/h1-2,11-12H,3-8H2/t9-,10+/m0/s1. The number of hydrogen-bond acceptors (Lipinski definition) is 2. The predicted molar refractivity (Wildman–Crippen MR) is 46.7 cm³/mol. The lowest BCUT2D eigenvalue weighted by Crippen LogP contribution is -2.47. The van der Waals surface area contributed by atoms with Crippen molar-refractivity contribution < 1.29 is 10.2 Å². The minimum absolute atomic E-state index is 0.133. The Morgan fingerprint density at radius 2 is 1.92 bits per heavy atom. The van der Waals surface area contributed by atoms with E-state index in [1.807, 2.05) is 6.08 Å². The van der Waals surface area contributed by atoms with Crippen LogP contribution in [0.25, 0.3) is 0 Å². The van der Waals surface area contributed by atoms with E-state index < -0.39 is 5.60 Å². The number of rotatable bonds is 1. The van der Waals surface area contributed by atoms with Crippen LogP contribution in [0.1, 0.15) is 32.1 Å². The molecule has 0 spiro atoms. The van der Waals surface area contributed by atoms with Crippen LogP contribution >= 0.6 is 0 Å². The molecule has 12 heavy (non-hydrogen) atoms. The Morgan fingerprint density at radius 3 is 2.58 bits per heavy atom. The largest absolute Gasteiger partial charge is 0.396 e.